The molecule has 0 radical (unpaired) electrons. The standard InChI is InChI=1S/C10H8IN/c1-7-2-3-8-6-12-5-4-9(8)10(7)11/h2-6H,1H3. The van der Waals surface area contributed by atoms with Crippen LogP contribution in [0, 0.1) is 10.5 Å². The minimum Gasteiger partial charge on any atom is -0.264 e. The number of pyridine rings is 1. The quantitative estimate of drug-likeness (QED) is 0.669. The van der Waals surface area contributed by atoms with Crippen molar-refractivity contribution in [2.24, 2.45) is 0 Å². The molecule has 0 fully saturated rings. The van der Waals surface area contributed by atoms with Crippen LogP contribution in [0.2, 0.25) is 0 Å². The van der Waals surface area contributed by atoms with E-state index in [4.69, 9.17) is 0 Å². The van der Waals surface area contributed by atoms with Crippen LogP contribution in [-0.2, 0) is 0 Å². The highest BCUT2D eigenvalue weighted by atomic mass is 127. The molecule has 0 aliphatic rings. The van der Waals surface area contributed by atoms with Gasteiger partial charge in [0.25, 0.3) is 0 Å². The van der Waals surface area contributed by atoms with Crippen LogP contribution >= 0.6 is 22.6 Å². The van der Waals surface area contributed by atoms with Crippen molar-refractivity contribution in [1.82, 2.24) is 4.98 Å². The van der Waals surface area contributed by atoms with Crippen LogP contribution in [-0.4, -0.2) is 4.98 Å². The maximum Gasteiger partial charge on any atom is 0.0346 e. The van der Waals surface area contributed by atoms with Crippen molar-refractivity contribution in [2.75, 3.05) is 0 Å². The average Bonchev–Trinajstić information content (AvgIpc) is 2.12. The van der Waals surface area contributed by atoms with E-state index < -0.39 is 0 Å². The van der Waals surface area contributed by atoms with E-state index in [0.29, 0.717) is 0 Å². The number of aryl methyl sites for hydroxylation is 1. The normalized spacial score (nSPS) is 10.5. The molecule has 2 rings (SSSR count). The van der Waals surface area contributed by atoms with Crippen molar-refractivity contribution in [1.29, 1.82) is 0 Å². The molecule has 0 atom stereocenters. The third-order valence-electron chi connectivity index (χ3n) is 1.95. The molecule has 0 unspecified atom stereocenters. The number of benzene rings is 1. The molecule has 0 saturated carbocycles. The molecule has 12 heavy (non-hydrogen) atoms. The van der Waals surface area contributed by atoms with Gasteiger partial charge in [0.1, 0.15) is 0 Å². The van der Waals surface area contributed by atoms with Gasteiger partial charge in [-0.25, -0.2) is 0 Å². The molecule has 1 aromatic carbocycles. The molecule has 0 aliphatic carbocycles. The maximum atomic E-state index is 4.08. The first-order valence-electron chi connectivity index (χ1n) is 3.78. The lowest BCUT2D eigenvalue weighted by Gasteiger charge is -2.02. The van der Waals surface area contributed by atoms with Crippen LogP contribution in [0.5, 0.6) is 0 Å². The Kier molecular flexibility index (Phi) is 2.00. The Balaban J connectivity index is 2.91. The number of aromatic nitrogens is 1. The van der Waals surface area contributed by atoms with Gasteiger partial charge in [-0.15, -0.1) is 0 Å². The molecule has 2 heteroatoms. The molecule has 0 amide bonds. The second-order valence-corrected chi connectivity index (χ2v) is 3.87. The van der Waals surface area contributed by atoms with Gasteiger partial charge in [-0.1, -0.05) is 12.1 Å². The summed E-state index contributed by atoms with van der Waals surface area (Å²) in [5, 5.41) is 2.51. The summed E-state index contributed by atoms with van der Waals surface area (Å²) in [5.41, 5.74) is 1.33. The zero-order chi connectivity index (χ0) is 8.55. The summed E-state index contributed by atoms with van der Waals surface area (Å²) in [6, 6.07) is 6.30. The second kappa shape index (κ2) is 3.01. The minimum atomic E-state index is 1.22. The number of nitrogens with zero attached hydrogens (tertiary/aromatic N) is 1. The van der Waals surface area contributed by atoms with Gasteiger partial charge >= 0.3 is 0 Å². The van der Waals surface area contributed by atoms with Gasteiger partial charge in [0.05, 0.1) is 0 Å². The van der Waals surface area contributed by atoms with Crippen LogP contribution in [0.3, 0.4) is 0 Å². The number of hydrogen-bond donors (Lipinski definition) is 0. The summed E-state index contributed by atoms with van der Waals surface area (Å²) >= 11 is 2.37. The first-order valence-corrected chi connectivity index (χ1v) is 4.86. The molecule has 0 saturated heterocycles. The van der Waals surface area contributed by atoms with Gasteiger partial charge in [0, 0.05) is 21.4 Å². The number of fused-ring (bicyclic) bond motifs is 1. The van der Waals surface area contributed by atoms with Gasteiger partial charge in [0.15, 0.2) is 0 Å². The predicted molar refractivity (Wildman–Crippen MR) is 59.2 cm³/mol. The van der Waals surface area contributed by atoms with Gasteiger partial charge in [-0.3, -0.25) is 4.98 Å². The van der Waals surface area contributed by atoms with Crippen LogP contribution < -0.4 is 0 Å². The fourth-order valence-corrected chi connectivity index (χ4v) is 1.91. The smallest absolute Gasteiger partial charge is 0.0346 e. The number of hydrogen-bond acceptors (Lipinski definition) is 1. The van der Waals surface area contributed by atoms with E-state index in [9.17, 15) is 0 Å². The van der Waals surface area contributed by atoms with Gasteiger partial charge < -0.3 is 0 Å². The van der Waals surface area contributed by atoms with Crippen LogP contribution in [0.25, 0.3) is 10.8 Å². The Labute approximate surface area is 85.0 Å². The number of halogens is 1. The molecule has 1 heterocycles. The molecule has 60 valence electrons. The molecule has 1 aromatic heterocycles. The summed E-state index contributed by atoms with van der Waals surface area (Å²) in [6.45, 7) is 2.13. The zero-order valence-electron chi connectivity index (χ0n) is 6.71. The molecule has 0 spiro atoms. The van der Waals surface area contributed by atoms with E-state index in [1.807, 2.05) is 12.4 Å². The average molecular weight is 269 g/mol. The summed E-state index contributed by atoms with van der Waals surface area (Å²) in [5.74, 6) is 0. The first kappa shape index (κ1) is 7.98. The monoisotopic (exact) mass is 269 g/mol. The molecule has 2 aromatic rings. The zero-order valence-corrected chi connectivity index (χ0v) is 8.87. The Morgan fingerprint density at radius 1 is 1.25 bits per heavy atom. The third kappa shape index (κ3) is 1.20. The summed E-state index contributed by atoms with van der Waals surface area (Å²) in [7, 11) is 0. The van der Waals surface area contributed by atoms with E-state index in [0.717, 1.165) is 0 Å². The van der Waals surface area contributed by atoms with Crippen LogP contribution in [0.4, 0.5) is 0 Å². The first-order chi connectivity index (χ1) is 5.79. The molecule has 1 nitrogen and oxygen atoms in total. The molecule has 0 bridgehead atoms. The van der Waals surface area contributed by atoms with Crippen molar-refractivity contribution < 1.29 is 0 Å². The van der Waals surface area contributed by atoms with E-state index in [1.54, 1.807) is 0 Å². The third-order valence-corrected chi connectivity index (χ3v) is 3.38. The summed E-state index contributed by atoms with van der Waals surface area (Å²) < 4.78 is 1.33. The van der Waals surface area contributed by atoms with Crippen molar-refractivity contribution in [2.45, 2.75) is 6.92 Å². The highest BCUT2D eigenvalue weighted by Crippen LogP contribution is 2.22. The highest BCUT2D eigenvalue weighted by molar-refractivity contribution is 14.1. The molecule has 0 N–H and O–H groups in total. The Bertz CT molecular complexity index is 423. The van der Waals surface area contributed by atoms with E-state index >= 15 is 0 Å². The lowest BCUT2D eigenvalue weighted by molar-refractivity contribution is 1.35. The summed E-state index contributed by atoms with van der Waals surface area (Å²) in [6.07, 6.45) is 3.74. The largest absolute Gasteiger partial charge is 0.264 e. The molecular formula is C10H8IN. The fraction of sp³-hybridized carbons (Fsp3) is 0.100. The van der Waals surface area contributed by atoms with Gasteiger partial charge in [-0.05, 0) is 46.5 Å². The van der Waals surface area contributed by atoms with Crippen molar-refractivity contribution in [3.8, 4) is 0 Å². The van der Waals surface area contributed by atoms with Crippen molar-refractivity contribution in [3.63, 3.8) is 0 Å². The SMILES string of the molecule is Cc1ccc2cnccc2c1I. The molecular weight excluding hydrogens is 261 g/mol. The van der Waals surface area contributed by atoms with Gasteiger partial charge in [0.2, 0.25) is 0 Å². The van der Waals surface area contributed by atoms with E-state index in [2.05, 4.69) is 52.7 Å². The fourth-order valence-electron chi connectivity index (χ4n) is 1.24. The predicted octanol–water partition coefficient (Wildman–Crippen LogP) is 3.15. The second-order valence-electron chi connectivity index (χ2n) is 2.79. The van der Waals surface area contributed by atoms with E-state index in [1.165, 1.54) is 19.9 Å². The molecule has 0 aliphatic heterocycles. The number of rotatable bonds is 0. The Hall–Kier alpha value is -0.640. The van der Waals surface area contributed by atoms with Crippen molar-refractivity contribution >= 4 is 33.4 Å². The topological polar surface area (TPSA) is 12.9 Å². The van der Waals surface area contributed by atoms with Gasteiger partial charge in [-0.2, -0.15) is 0 Å². The lowest BCUT2D eigenvalue weighted by Crippen LogP contribution is -1.83. The summed E-state index contributed by atoms with van der Waals surface area (Å²) in [4.78, 5) is 4.08. The van der Waals surface area contributed by atoms with E-state index in [-0.39, 0.29) is 0 Å². The van der Waals surface area contributed by atoms with Crippen LogP contribution in [0.1, 0.15) is 5.56 Å². The highest BCUT2D eigenvalue weighted by Gasteiger charge is 1.99. The maximum absolute atomic E-state index is 4.08. The lowest BCUT2D eigenvalue weighted by atomic mass is 10.1. The minimum absolute atomic E-state index is 1.22. The van der Waals surface area contributed by atoms with Crippen LogP contribution in [0.15, 0.2) is 30.6 Å². The Morgan fingerprint density at radius 2 is 2.08 bits per heavy atom. The van der Waals surface area contributed by atoms with Crippen molar-refractivity contribution in [3.05, 3.63) is 39.7 Å². The Morgan fingerprint density at radius 3 is 2.92 bits per heavy atom.